The maximum atomic E-state index is 10.7. The van der Waals surface area contributed by atoms with Crippen LogP contribution in [-0.2, 0) is 0 Å². The lowest BCUT2D eigenvalue weighted by Gasteiger charge is -2.10. The summed E-state index contributed by atoms with van der Waals surface area (Å²) in [5.74, 6) is 0.208. The lowest BCUT2D eigenvalue weighted by Crippen LogP contribution is -2.21. The molecule has 0 aliphatic heterocycles. The molecule has 16 heavy (non-hydrogen) atoms. The second-order valence-corrected chi connectivity index (χ2v) is 3.88. The number of hydrogen-bond acceptors (Lipinski definition) is 5. The maximum Gasteiger partial charge on any atom is 0.311 e. The monoisotopic (exact) mass is 244 g/mol. The van der Waals surface area contributed by atoms with Crippen molar-refractivity contribution in [2.45, 2.75) is 0 Å². The molecule has 0 aliphatic carbocycles. The fourth-order valence-corrected chi connectivity index (χ4v) is 1.25. The number of halogens is 1. The van der Waals surface area contributed by atoms with Crippen LogP contribution in [0, 0.1) is 10.1 Å². The lowest BCUT2D eigenvalue weighted by molar-refractivity contribution is -0.384. The first-order valence-electron chi connectivity index (χ1n) is 4.70. The third-order valence-corrected chi connectivity index (χ3v) is 2.10. The van der Waals surface area contributed by atoms with Crippen molar-refractivity contribution in [3.05, 3.63) is 27.4 Å². The molecule has 0 aliphatic rings. The van der Waals surface area contributed by atoms with E-state index in [-0.39, 0.29) is 16.7 Å². The van der Waals surface area contributed by atoms with E-state index in [2.05, 4.69) is 10.3 Å². The van der Waals surface area contributed by atoms with Gasteiger partial charge in [-0.05, 0) is 20.2 Å². The summed E-state index contributed by atoms with van der Waals surface area (Å²) in [6.07, 6.45) is 0. The Balaban J connectivity index is 2.76. The van der Waals surface area contributed by atoms with Crippen LogP contribution in [-0.4, -0.2) is 42.0 Å². The molecule has 0 saturated carbocycles. The van der Waals surface area contributed by atoms with E-state index < -0.39 is 4.92 Å². The Morgan fingerprint density at radius 3 is 2.81 bits per heavy atom. The molecule has 0 bridgehead atoms. The first-order valence-corrected chi connectivity index (χ1v) is 5.08. The molecule has 0 amide bonds. The number of nitrogens with one attached hydrogen (secondary N) is 1. The van der Waals surface area contributed by atoms with Crippen molar-refractivity contribution >= 4 is 23.1 Å². The summed E-state index contributed by atoms with van der Waals surface area (Å²) < 4.78 is 0. The predicted molar refractivity (Wildman–Crippen MR) is 62.9 cm³/mol. The van der Waals surface area contributed by atoms with Crippen molar-refractivity contribution in [2.75, 3.05) is 32.5 Å². The van der Waals surface area contributed by atoms with Gasteiger partial charge in [-0.3, -0.25) is 10.1 Å². The molecule has 1 aromatic rings. The second-order valence-electron chi connectivity index (χ2n) is 3.49. The molecule has 0 atom stereocenters. The minimum atomic E-state index is -0.485. The van der Waals surface area contributed by atoms with E-state index >= 15 is 0 Å². The van der Waals surface area contributed by atoms with E-state index in [4.69, 9.17) is 11.6 Å². The van der Waals surface area contributed by atoms with Crippen LogP contribution in [0.5, 0.6) is 0 Å². The number of likely N-dealkylation sites (N-methyl/N-ethyl adjacent to an activating group) is 1. The third-order valence-electron chi connectivity index (χ3n) is 1.89. The van der Waals surface area contributed by atoms with Gasteiger partial charge in [0.2, 0.25) is 5.82 Å². The summed E-state index contributed by atoms with van der Waals surface area (Å²) in [6.45, 7) is 1.33. The van der Waals surface area contributed by atoms with Crippen LogP contribution in [0.3, 0.4) is 0 Å². The summed E-state index contributed by atoms with van der Waals surface area (Å²) in [5.41, 5.74) is -0.0665. The van der Waals surface area contributed by atoms with E-state index in [1.54, 1.807) is 0 Å². The topological polar surface area (TPSA) is 71.3 Å². The zero-order valence-electron chi connectivity index (χ0n) is 9.11. The van der Waals surface area contributed by atoms with Gasteiger partial charge < -0.3 is 10.2 Å². The molecular formula is C9H13ClN4O2. The smallest absolute Gasteiger partial charge is 0.311 e. The Morgan fingerprint density at radius 2 is 2.25 bits per heavy atom. The fourth-order valence-electron chi connectivity index (χ4n) is 1.10. The average Bonchev–Trinajstić information content (AvgIpc) is 2.16. The third kappa shape index (κ3) is 3.63. The number of anilines is 1. The van der Waals surface area contributed by atoms with Gasteiger partial charge in [-0.25, -0.2) is 4.98 Å². The first-order chi connectivity index (χ1) is 7.50. The molecule has 1 N–H and O–H groups in total. The molecule has 6 nitrogen and oxygen atoms in total. The summed E-state index contributed by atoms with van der Waals surface area (Å²) in [6, 6.07) is 2.74. The number of aromatic nitrogens is 1. The van der Waals surface area contributed by atoms with Gasteiger partial charge in [0, 0.05) is 19.2 Å². The Kier molecular flexibility index (Phi) is 4.45. The van der Waals surface area contributed by atoms with Crippen molar-refractivity contribution in [3.63, 3.8) is 0 Å². The van der Waals surface area contributed by atoms with E-state index in [0.29, 0.717) is 6.54 Å². The van der Waals surface area contributed by atoms with E-state index in [0.717, 1.165) is 6.54 Å². The van der Waals surface area contributed by atoms with Gasteiger partial charge in [0.1, 0.15) is 5.15 Å². The van der Waals surface area contributed by atoms with Gasteiger partial charge in [0.25, 0.3) is 0 Å². The van der Waals surface area contributed by atoms with Gasteiger partial charge in [0.15, 0.2) is 0 Å². The highest BCUT2D eigenvalue weighted by Crippen LogP contribution is 2.23. The number of nitro groups is 1. The lowest BCUT2D eigenvalue weighted by atomic mass is 10.4. The molecule has 1 rings (SSSR count). The number of rotatable bonds is 5. The van der Waals surface area contributed by atoms with Crippen molar-refractivity contribution < 1.29 is 4.92 Å². The fraction of sp³-hybridized carbons (Fsp3) is 0.444. The van der Waals surface area contributed by atoms with Gasteiger partial charge in [-0.1, -0.05) is 11.6 Å². The molecule has 0 saturated heterocycles. The highest BCUT2D eigenvalue weighted by Gasteiger charge is 2.14. The minimum absolute atomic E-state index is 0.0665. The number of nitrogens with zero attached hydrogens (tertiary/aromatic N) is 3. The van der Waals surface area contributed by atoms with Gasteiger partial charge in [-0.2, -0.15) is 0 Å². The average molecular weight is 245 g/mol. The molecule has 1 aromatic heterocycles. The molecule has 0 unspecified atom stereocenters. The van der Waals surface area contributed by atoms with Crippen molar-refractivity contribution in [3.8, 4) is 0 Å². The zero-order chi connectivity index (χ0) is 12.1. The molecule has 88 valence electrons. The Bertz CT molecular complexity index is 384. The number of pyridine rings is 1. The van der Waals surface area contributed by atoms with Gasteiger partial charge in [0.05, 0.1) is 4.92 Å². The van der Waals surface area contributed by atoms with E-state index in [9.17, 15) is 10.1 Å². The Labute approximate surface area is 98.4 Å². The van der Waals surface area contributed by atoms with Gasteiger partial charge >= 0.3 is 5.69 Å². The first kappa shape index (κ1) is 12.7. The predicted octanol–water partition coefficient (Wildman–Crippen LogP) is 1.62. The normalized spacial score (nSPS) is 10.5. The zero-order valence-corrected chi connectivity index (χ0v) is 9.86. The molecule has 0 radical (unpaired) electrons. The van der Waals surface area contributed by atoms with E-state index in [1.807, 2.05) is 19.0 Å². The Hall–Kier alpha value is -1.40. The molecular weight excluding hydrogens is 232 g/mol. The van der Waals surface area contributed by atoms with Crippen LogP contribution < -0.4 is 5.32 Å². The summed E-state index contributed by atoms with van der Waals surface area (Å²) in [4.78, 5) is 16.1. The molecule has 7 heteroatoms. The van der Waals surface area contributed by atoms with Crippen molar-refractivity contribution in [1.29, 1.82) is 0 Å². The van der Waals surface area contributed by atoms with Crippen molar-refractivity contribution in [1.82, 2.24) is 9.88 Å². The Morgan fingerprint density at radius 1 is 1.56 bits per heavy atom. The van der Waals surface area contributed by atoms with Crippen molar-refractivity contribution in [2.24, 2.45) is 0 Å². The number of hydrogen-bond donors (Lipinski definition) is 1. The van der Waals surface area contributed by atoms with Crippen LogP contribution in [0.4, 0.5) is 11.5 Å². The van der Waals surface area contributed by atoms with Crippen LogP contribution in [0.2, 0.25) is 5.15 Å². The second kappa shape index (κ2) is 5.62. The van der Waals surface area contributed by atoms with Gasteiger partial charge in [-0.15, -0.1) is 0 Å². The van der Waals surface area contributed by atoms with Crippen LogP contribution in [0.15, 0.2) is 12.1 Å². The summed E-state index contributed by atoms with van der Waals surface area (Å²) in [5, 5.41) is 13.8. The largest absolute Gasteiger partial charge is 0.363 e. The molecule has 0 spiro atoms. The maximum absolute atomic E-state index is 10.7. The summed E-state index contributed by atoms with van der Waals surface area (Å²) >= 11 is 5.68. The summed E-state index contributed by atoms with van der Waals surface area (Å²) in [7, 11) is 3.84. The standard InChI is InChI=1S/C9H13ClN4O2/c1-13(2)6-5-11-9-7(14(15)16)3-4-8(10)12-9/h3-4H,5-6H2,1-2H3,(H,11,12). The van der Waals surface area contributed by atoms with Crippen LogP contribution in [0.25, 0.3) is 0 Å². The molecule has 0 fully saturated rings. The highest BCUT2D eigenvalue weighted by molar-refractivity contribution is 6.29. The van der Waals surface area contributed by atoms with Crippen LogP contribution >= 0.6 is 11.6 Å². The minimum Gasteiger partial charge on any atom is -0.363 e. The van der Waals surface area contributed by atoms with E-state index in [1.165, 1.54) is 12.1 Å². The van der Waals surface area contributed by atoms with Crippen LogP contribution in [0.1, 0.15) is 0 Å². The highest BCUT2D eigenvalue weighted by atomic mass is 35.5. The SMILES string of the molecule is CN(C)CCNc1nc(Cl)ccc1[N+](=O)[O-]. The molecule has 0 aromatic carbocycles. The quantitative estimate of drug-likeness (QED) is 0.484. The molecule has 1 heterocycles.